The fourth-order valence-corrected chi connectivity index (χ4v) is 2.64. The van der Waals surface area contributed by atoms with E-state index in [-0.39, 0.29) is 0 Å². The molecule has 0 aliphatic carbocycles. The first kappa shape index (κ1) is 13.9. The molecule has 0 aromatic heterocycles. The standard InChI is InChI=1S/C14H21ClS/c1-12-5-3-6-13(9-12)10-14(11-15)7-4-8-16-2/h3,5-6,9,14H,4,7-8,10-11H2,1-2H3. The number of halogens is 1. The molecule has 0 spiro atoms. The molecule has 0 N–H and O–H groups in total. The van der Waals surface area contributed by atoms with E-state index in [1.54, 1.807) is 0 Å². The Labute approximate surface area is 109 Å². The third kappa shape index (κ3) is 5.27. The van der Waals surface area contributed by atoms with Gasteiger partial charge in [0, 0.05) is 5.88 Å². The lowest BCUT2D eigenvalue weighted by molar-refractivity contribution is 0.530. The Bertz CT molecular complexity index is 299. The van der Waals surface area contributed by atoms with Crippen LogP contribution in [0.25, 0.3) is 0 Å². The highest BCUT2D eigenvalue weighted by Crippen LogP contribution is 2.17. The van der Waals surface area contributed by atoms with Crippen LogP contribution in [0.4, 0.5) is 0 Å². The zero-order valence-electron chi connectivity index (χ0n) is 10.2. The Balaban J connectivity index is 2.43. The summed E-state index contributed by atoms with van der Waals surface area (Å²) in [5.74, 6) is 2.67. The third-order valence-corrected chi connectivity index (χ3v) is 3.92. The van der Waals surface area contributed by atoms with E-state index < -0.39 is 0 Å². The van der Waals surface area contributed by atoms with Gasteiger partial charge in [-0.1, -0.05) is 29.8 Å². The topological polar surface area (TPSA) is 0 Å². The molecule has 1 aromatic rings. The molecule has 16 heavy (non-hydrogen) atoms. The summed E-state index contributed by atoms with van der Waals surface area (Å²) in [6, 6.07) is 8.76. The second kappa shape index (κ2) is 8.03. The lowest BCUT2D eigenvalue weighted by Crippen LogP contribution is -2.07. The molecule has 0 aliphatic heterocycles. The van der Waals surface area contributed by atoms with Crippen LogP contribution in [0.2, 0.25) is 0 Å². The van der Waals surface area contributed by atoms with E-state index in [0.717, 1.165) is 12.3 Å². The summed E-state index contributed by atoms with van der Waals surface area (Å²) >= 11 is 7.95. The van der Waals surface area contributed by atoms with Gasteiger partial charge in [0.1, 0.15) is 0 Å². The van der Waals surface area contributed by atoms with E-state index in [9.17, 15) is 0 Å². The minimum absolute atomic E-state index is 0.635. The number of thioether (sulfide) groups is 1. The van der Waals surface area contributed by atoms with Crippen LogP contribution in [-0.2, 0) is 6.42 Å². The van der Waals surface area contributed by atoms with E-state index in [2.05, 4.69) is 37.4 Å². The third-order valence-electron chi connectivity index (χ3n) is 2.79. The van der Waals surface area contributed by atoms with Crippen molar-refractivity contribution in [3.05, 3.63) is 35.4 Å². The predicted molar refractivity (Wildman–Crippen MR) is 76.7 cm³/mol. The van der Waals surface area contributed by atoms with Gasteiger partial charge in [-0.2, -0.15) is 11.8 Å². The molecule has 0 heterocycles. The molecule has 90 valence electrons. The zero-order valence-corrected chi connectivity index (χ0v) is 11.8. The van der Waals surface area contributed by atoms with E-state index >= 15 is 0 Å². The minimum atomic E-state index is 0.635. The monoisotopic (exact) mass is 256 g/mol. The fraction of sp³-hybridized carbons (Fsp3) is 0.571. The van der Waals surface area contributed by atoms with Crippen molar-refractivity contribution >= 4 is 23.4 Å². The predicted octanol–water partition coefficient (Wildman–Crippen LogP) is 4.54. The molecule has 0 amide bonds. The fourth-order valence-electron chi connectivity index (χ4n) is 1.92. The maximum absolute atomic E-state index is 6.03. The van der Waals surface area contributed by atoms with E-state index in [1.807, 2.05) is 11.8 Å². The highest BCUT2D eigenvalue weighted by Gasteiger charge is 2.08. The highest BCUT2D eigenvalue weighted by atomic mass is 35.5. The molecule has 1 unspecified atom stereocenters. The summed E-state index contributed by atoms with van der Waals surface area (Å²) < 4.78 is 0. The molecule has 2 heteroatoms. The number of rotatable bonds is 7. The number of alkyl halides is 1. The van der Waals surface area contributed by atoms with Gasteiger partial charge >= 0.3 is 0 Å². The summed E-state index contributed by atoms with van der Waals surface area (Å²) in [7, 11) is 0. The van der Waals surface area contributed by atoms with E-state index in [1.165, 1.54) is 29.7 Å². The Morgan fingerprint density at radius 1 is 1.38 bits per heavy atom. The van der Waals surface area contributed by atoms with Gasteiger partial charge in [0.2, 0.25) is 0 Å². The van der Waals surface area contributed by atoms with Crippen LogP contribution in [0.1, 0.15) is 24.0 Å². The molecular formula is C14H21ClS. The quantitative estimate of drug-likeness (QED) is 0.510. The van der Waals surface area contributed by atoms with Crippen molar-refractivity contribution in [1.29, 1.82) is 0 Å². The van der Waals surface area contributed by atoms with Crippen molar-refractivity contribution in [2.45, 2.75) is 26.2 Å². The molecule has 0 saturated carbocycles. The van der Waals surface area contributed by atoms with Crippen LogP contribution in [0.3, 0.4) is 0 Å². The van der Waals surface area contributed by atoms with Crippen molar-refractivity contribution in [1.82, 2.24) is 0 Å². The molecule has 0 nitrogen and oxygen atoms in total. The number of aryl methyl sites for hydroxylation is 1. The Morgan fingerprint density at radius 2 is 2.19 bits per heavy atom. The van der Waals surface area contributed by atoms with Gasteiger partial charge in [-0.25, -0.2) is 0 Å². The van der Waals surface area contributed by atoms with Gasteiger partial charge in [-0.3, -0.25) is 0 Å². The van der Waals surface area contributed by atoms with Gasteiger partial charge in [0.15, 0.2) is 0 Å². The van der Waals surface area contributed by atoms with Crippen LogP contribution in [0, 0.1) is 12.8 Å². The molecule has 1 aromatic carbocycles. The molecule has 0 aliphatic rings. The SMILES string of the molecule is CSCCCC(CCl)Cc1cccc(C)c1. The van der Waals surface area contributed by atoms with Crippen molar-refractivity contribution < 1.29 is 0 Å². The molecule has 1 atom stereocenters. The molecule has 0 radical (unpaired) electrons. The van der Waals surface area contributed by atoms with Crippen molar-refractivity contribution in [3.8, 4) is 0 Å². The van der Waals surface area contributed by atoms with E-state index in [0.29, 0.717) is 5.92 Å². The Morgan fingerprint density at radius 3 is 2.81 bits per heavy atom. The molecule has 0 saturated heterocycles. The second-order valence-electron chi connectivity index (χ2n) is 4.35. The van der Waals surface area contributed by atoms with Crippen LogP contribution >= 0.6 is 23.4 Å². The van der Waals surface area contributed by atoms with E-state index in [4.69, 9.17) is 11.6 Å². The second-order valence-corrected chi connectivity index (χ2v) is 5.64. The highest BCUT2D eigenvalue weighted by molar-refractivity contribution is 7.98. The van der Waals surface area contributed by atoms with Crippen LogP contribution in [0.5, 0.6) is 0 Å². The molecule has 1 rings (SSSR count). The summed E-state index contributed by atoms with van der Waals surface area (Å²) in [5.41, 5.74) is 2.77. The Hall–Kier alpha value is -0.140. The largest absolute Gasteiger partial charge is 0.165 e. The summed E-state index contributed by atoms with van der Waals surface area (Å²) in [6.07, 6.45) is 5.82. The smallest absolute Gasteiger partial charge is 0.0254 e. The van der Waals surface area contributed by atoms with Crippen LogP contribution < -0.4 is 0 Å². The van der Waals surface area contributed by atoms with Gasteiger partial charge in [0.05, 0.1) is 0 Å². The van der Waals surface area contributed by atoms with Crippen LogP contribution in [-0.4, -0.2) is 17.9 Å². The lowest BCUT2D eigenvalue weighted by Gasteiger charge is -2.13. The van der Waals surface area contributed by atoms with Crippen molar-refractivity contribution in [2.75, 3.05) is 17.9 Å². The van der Waals surface area contributed by atoms with Gasteiger partial charge in [-0.05, 0) is 49.7 Å². The van der Waals surface area contributed by atoms with Crippen molar-refractivity contribution in [3.63, 3.8) is 0 Å². The maximum atomic E-state index is 6.03. The van der Waals surface area contributed by atoms with Crippen molar-refractivity contribution in [2.24, 2.45) is 5.92 Å². The normalized spacial score (nSPS) is 12.7. The molecule has 0 bridgehead atoms. The zero-order chi connectivity index (χ0) is 11.8. The summed E-state index contributed by atoms with van der Waals surface area (Å²) in [5, 5.41) is 0. The van der Waals surface area contributed by atoms with Gasteiger partial charge in [0.25, 0.3) is 0 Å². The minimum Gasteiger partial charge on any atom is -0.165 e. The molecule has 0 fully saturated rings. The maximum Gasteiger partial charge on any atom is 0.0254 e. The van der Waals surface area contributed by atoms with Crippen LogP contribution in [0.15, 0.2) is 24.3 Å². The first-order valence-corrected chi connectivity index (χ1v) is 7.79. The first-order valence-electron chi connectivity index (χ1n) is 5.86. The summed E-state index contributed by atoms with van der Waals surface area (Å²) in [6.45, 7) is 2.15. The average Bonchev–Trinajstić information content (AvgIpc) is 2.28. The summed E-state index contributed by atoms with van der Waals surface area (Å²) in [4.78, 5) is 0. The molecular weight excluding hydrogens is 236 g/mol. The first-order chi connectivity index (χ1) is 7.76. The lowest BCUT2D eigenvalue weighted by atomic mass is 9.96. The average molecular weight is 257 g/mol. The Kier molecular flexibility index (Phi) is 6.98. The number of benzene rings is 1. The van der Waals surface area contributed by atoms with Gasteiger partial charge < -0.3 is 0 Å². The van der Waals surface area contributed by atoms with Gasteiger partial charge in [-0.15, -0.1) is 11.6 Å². The number of hydrogen-bond donors (Lipinski definition) is 0. The number of hydrogen-bond acceptors (Lipinski definition) is 1.